The highest BCUT2D eigenvalue weighted by Gasteiger charge is 2.14. The molecule has 1 fully saturated rings. The van der Waals surface area contributed by atoms with Crippen molar-refractivity contribution < 1.29 is 0 Å². The van der Waals surface area contributed by atoms with Crippen LogP contribution in [0.15, 0.2) is 60.7 Å². The smallest absolute Gasteiger partial charge is 0.0234 e. The zero-order valence-electron chi connectivity index (χ0n) is 12.6. The topological polar surface area (TPSA) is 6.48 Å². The van der Waals surface area contributed by atoms with Crippen LogP contribution < -0.4 is 0 Å². The van der Waals surface area contributed by atoms with Crippen LogP contribution in [0.25, 0.3) is 0 Å². The van der Waals surface area contributed by atoms with Crippen molar-refractivity contribution in [1.82, 2.24) is 9.80 Å². The predicted molar refractivity (Wildman–Crippen MR) is 88.1 cm³/mol. The molecule has 0 amide bonds. The highest BCUT2D eigenvalue weighted by molar-refractivity contribution is 5.15. The molecule has 0 aromatic heterocycles. The molecule has 0 bridgehead atoms. The SMILES string of the molecule is c1ccc(CN2CCCN(Cc3ccccc3)CC2)cc1. The molecule has 0 saturated carbocycles. The summed E-state index contributed by atoms with van der Waals surface area (Å²) in [7, 11) is 0. The minimum absolute atomic E-state index is 1.08. The van der Waals surface area contributed by atoms with Gasteiger partial charge in [0.25, 0.3) is 0 Å². The fraction of sp³-hybridized carbons (Fsp3) is 0.368. The number of hydrogen-bond donors (Lipinski definition) is 0. The van der Waals surface area contributed by atoms with E-state index in [-0.39, 0.29) is 0 Å². The molecule has 3 rings (SSSR count). The van der Waals surface area contributed by atoms with Gasteiger partial charge in [-0.2, -0.15) is 0 Å². The lowest BCUT2D eigenvalue weighted by Crippen LogP contribution is -2.30. The van der Waals surface area contributed by atoms with Crippen molar-refractivity contribution in [3.63, 3.8) is 0 Å². The van der Waals surface area contributed by atoms with Crippen LogP contribution in [0.5, 0.6) is 0 Å². The lowest BCUT2D eigenvalue weighted by Gasteiger charge is -2.22. The quantitative estimate of drug-likeness (QED) is 0.847. The maximum Gasteiger partial charge on any atom is 0.0234 e. The van der Waals surface area contributed by atoms with E-state index < -0.39 is 0 Å². The summed E-state index contributed by atoms with van der Waals surface area (Å²) in [5, 5.41) is 0. The second-order valence-electron chi connectivity index (χ2n) is 5.88. The van der Waals surface area contributed by atoms with Gasteiger partial charge in [-0.3, -0.25) is 9.80 Å². The molecule has 0 aliphatic carbocycles. The van der Waals surface area contributed by atoms with Crippen LogP contribution in [0.3, 0.4) is 0 Å². The number of rotatable bonds is 4. The lowest BCUT2D eigenvalue weighted by molar-refractivity contribution is 0.247. The van der Waals surface area contributed by atoms with Gasteiger partial charge in [0.05, 0.1) is 0 Å². The van der Waals surface area contributed by atoms with Crippen molar-refractivity contribution in [2.75, 3.05) is 26.2 Å². The van der Waals surface area contributed by atoms with Crippen LogP contribution >= 0.6 is 0 Å². The predicted octanol–water partition coefficient (Wildman–Crippen LogP) is 3.39. The molecule has 1 heterocycles. The Hall–Kier alpha value is -1.64. The van der Waals surface area contributed by atoms with Gasteiger partial charge in [-0.25, -0.2) is 0 Å². The molecule has 0 atom stereocenters. The fourth-order valence-electron chi connectivity index (χ4n) is 3.02. The van der Waals surface area contributed by atoms with Gasteiger partial charge in [-0.15, -0.1) is 0 Å². The molecule has 21 heavy (non-hydrogen) atoms. The molecule has 2 aromatic carbocycles. The molecule has 110 valence electrons. The van der Waals surface area contributed by atoms with Crippen molar-refractivity contribution >= 4 is 0 Å². The van der Waals surface area contributed by atoms with Gasteiger partial charge >= 0.3 is 0 Å². The Morgan fingerprint density at radius 3 is 1.43 bits per heavy atom. The zero-order chi connectivity index (χ0) is 14.3. The lowest BCUT2D eigenvalue weighted by atomic mass is 10.2. The van der Waals surface area contributed by atoms with Crippen LogP contribution in [0.1, 0.15) is 17.5 Å². The van der Waals surface area contributed by atoms with Crippen LogP contribution in [0.4, 0.5) is 0 Å². The zero-order valence-corrected chi connectivity index (χ0v) is 12.6. The van der Waals surface area contributed by atoms with Gasteiger partial charge in [0.15, 0.2) is 0 Å². The van der Waals surface area contributed by atoms with Crippen molar-refractivity contribution in [2.24, 2.45) is 0 Å². The van der Waals surface area contributed by atoms with Gasteiger partial charge in [-0.1, -0.05) is 60.7 Å². The van der Waals surface area contributed by atoms with Crippen molar-refractivity contribution in [2.45, 2.75) is 19.5 Å². The second-order valence-corrected chi connectivity index (χ2v) is 5.88. The first-order chi connectivity index (χ1) is 10.4. The van der Waals surface area contributed by atoms with E-state index >= 15 is 0 Å². The Labute approximate surface area is 128 Å². The molecule has 2 nitrogen and oxygen atoms in total. The molecular weight excluding hydrogens is 256 g/mol. The normalized spacial score (nSPS) is 17.5. The molecule has 1 aliphatic heterocycles. The van der Waals surface area contributed by atoms with E-state index in [1.165, 1.54) is 43.7 Å². The third-order valence-electron chi connectivity index (χ3n) is 4.18. The molecule has 2 aromatic rings. The van der Waals surface area contributed by atoms with E-state index in [4.69, 9.17) is 0 Å². The maximum absolute atomic E-state index is 2.58. The van der Waals surface area contributed by atoms with Gasteiger partial charge in [0.1, 0.15) is 0 Å². The standard InChI is InChI=1S/C19H24N2/c1-3-8-18(9-4-1)16-20-12-7-13-21(15-14-20)17-19-10-5-2-6-11-19/h1-6,8-11H,7,12-17H2. The first kappa shape index (κ1) is 14.3. The summed E-state index contributed by atoms with van der Waals surface area (Å²) < 4.78 is 0. The summed E-state index contributed by atoms with van der Waals surface area (Å²) in [5.41, 5.74) is 2.85. The van der Waals surface area contributed by atoms with E-state index in [1.54, 1.807) is 0 Å². The summed E-state index contributed by atoms with van der Waals surface area (Å²) in [5.74, 6) is 0. The minimum atomic E-state index is 1.08. The molecule has 0 spiro atoms. The van der Waals surface area contributed by atoms with Crippen LogP contribution in [-0.4, -0.2) is 36.0 Å². The highest BCUT2D eigenvalue weighted by atomic mass is 15.2. The Morgan fingerprint density at radius 2 is 1.00 bits per heavy atom. The van der Waals surface area contributed by atoms with E-state index in [0.717, 1.165) is 13.1 Å². The Bertz CT molecular complexity index is 474. The number of benzene rings is 2. The number of nitrogens with zero attached hydrogens (tertiary/aromatic N) is 2. The highest BCUT2D eigenvalue weighted by Crippen LogP contribution is 2.11. The van der Waals surface area contributed by atoms with E-state index in [9.17, 15) is 0 Å². The Kier molecular flexibility index (Phi) is 5.03. The van der Waals surface area contributed by atoms with E-state index in [1.807, 2.05) is 0 Å². The summed E-state index contributed by atoms with van der Waals surface area (Å²) >= 11 is 0. The average Bonchev–Trinajstić information content (AvgIpc) is 2.75. The van der Waals surface area contributed by atoms with Gasteiger partial charge in [-0.05, 0) is 30.6 Å². The summed E-state index contributed by atoms with van der Waals surface area (Å²) in [4.78, 5) is 5.17. The molecular formula is C19H24N2. The van der Waals surface area contributed by atoms with Crippen LogP contribution in [0, 0.1) is 0 Å². The Morgan fingerprint density at radius 1 is 0.571 bits per heavy atom. The molecule has 0 N–H and O–H groups in total. The third-order valence-corrected chi connectivity index (χ3v) is 4.18. The van der Waals surface area contributed by atoms with Gasteiger partial charge < -0.3 is 0 Å². The second kappa shape index (κ2) is 7.39. The molecule has 1 saturated heterocycles. The monoisotopic (exact) mass is 280 g/mol. The maximum atomic E-state index is 2.58. The average molecular weight is 280 g/mol. The summed E-state index contributed by atoms with van der Waals surface area (Å²) in [6, 6.07) is 21.6. The molecule has 0 radical (unpaired) electrons. The fourth-order valence-corrected chi connectivity index (χ4v) is 3.02. The van der Waals surface area contributed by atoms with E-state index in [0.29, 0.717) is 0 Å². The largest absolute Gasteiger partial charge is 0.298 e. The summed E-state index contributed by atoms with van der Waals surface area (Å²) in [6.45, 7) is 6.92. The minimum Gasteiger partial charge on any atom is -0.298 e. The van der Waals surface area contributed by atoms with Gasteiger partial charge in [0.2, 0.25) is 0 Å². The van der Waals surface area contributed by atoms with Crippen LogP contribution in [-0.2, 0) is 13.1 Å². The third kappa shape index (κ3) is 4.42. The van der Waals surface area contributed by atoms with Crippen molar-refractivity contribution in [3.8, 4) is 0 Å². The van der Waals surface area contributed by atoms with Crippen molar-refractivity contribution in [1.29, 1.82) is 0 Å². The van der Waals surface area contributed by atoms with Gasteiger partial charge in [0, 0.05) is 26.2 Å². The first-order valence-corrected chi connectivity index (χ1v) is 7.93. The molecule has 2 heteroatoms. The van der Waals surface area contributed by atoms with Crippen molar-refractivity contribution in [3.05, 3.63) is 71.8 Å². The Balaban J connectivity index is 1.52. The van der Waals surface area contributed by atoms with Crippen LogP contribution in [0.2, 0.25) is 0 Å². The first-order valence-electron chi connectivity index (χ1n) is 7.93. The number of hydrogen-bond acceptors (Lipinski definition) is 2. The van der Waals surface area contributed by atoms with E-state index in [2.05, 4.69) is 70.5 Å². The summed E-state index contributed by atoms with van der Waals surface area (Å²) in [6.07, 6.45) is 1.26. The molecule has 0 unspecified atom stereocenters. The molecule has 1 aliphatic rings.